The second-order valence-electron chi connectivity index (χ2n) is 3.71. The molecular weight excluding hydrogens is 198 g/mol. The van der Waals surface area contributed by atoms with Gasteiger partial charge in [-0.3, -0.25) is 9.97 Å². The van der Waals surface area contributed by atoms with E-state index in [-0.39, 0.29) is 6.04 Å². The monoisotopic (exact) mass is 213 g/mol. The van der Waals surface area contributed by atoms with Crippen molar-refractivity contribution in [1.29, 1.82) is 0 Å². The van der Waals surface area contributed by atoms with Crippen molar-refractivity contribution in [3.8, 4) is 0 Å². The van der Waals surface area contributed by atoms with Crippen molar-refractivity contribution < 1.29 is 0 Å². The van der Waals surface area contributed by atoms with Gasteiger partial charge in [0.25, 0.3) is 0 Å². The van der Waals surface area contributed by atoms with Gasteiger partial charge in [0.2, 0.25) is 0 Å². The van der Waals surface area contributed by atoms with Crippen LogP contribution in [-0.4, -0.2) is 17.0 Å². The molecule has 3 heteroatoms. The standard InChI is InChI=1S/C13H15N3/c1-10-5-3-8-16-12(10)13(14-2)11-6-4-7-15-9-11/h3-9,13-14H,1-2H3. The van der Waals surface area contributed by atoms with Gasteiger partial charge in [-0.25, -0.2) is 0 Å². The molecule has 2 aromatic rings. The molecule has 0 aliphatic rings. The predicted molar refractivity (Wildman–Crippen MR) is 64.1 cm³/mol. The van der Waals surface area contributed by atoms with E-state index >= 15 is 0 Å². The molecule has 0 aliphatic carbocycles. The molecule has 0 bridgehead atoms. The minimum absolute atomic E-state index is 0.106. The Labute approximate surface area is 95.6 Å². The Balaban J connectivity index is 2.41. The molecule has 0 saturated heterocycles. The van der Waals surface area contributed by atoms with Gasteiger partial charge in [-0.2, -0.15) is 0 Å². The Morgan fingerprint density at radius 1 is 1.19 bits per heavy atom. The second-order valence-corrected chi connectivity index (χ2v) is 3.71. The first-order valence-electron chi connectivity index (χ1n) is 5.31. The van der Waals surface area contributed by atoms with Gasteiger partial charge in [0.1, 0.15) is 0 Å². The van der Waals surface area contributed by atoms with Crippen LogP contribution in [0.5, 0.6) is 0 Å². The van der Waals surface area contributed by atoms with E-state index in [0.29, 0.717) is 0 Å². The first kappa shape index (κ1) is 10.8. The number of nitrogens with zero attached hydrogens (tertiary/aromatic N) is 2. The average Bonchev–Trinajstić information content (AvgIpc) is 2.34. The average molecular weight is 213 g/mol. The molecule has 0 aromatic carbocycles. The van der Waals surface area contributed by atoms with Crippen molar-refractivity contribution >= 4 is 0 Å². The normalized spacial score (nSPS) is 12.4. The molecule has 0 fully saturated rings. The lowest BCUT2D eigenvalue weighted by Gasteiger charge is -2.17. The van der Waals surface area contributed by atoms with Crippen molar-refractivity contribution in [3.05, 3.63) is 59.7 Å². The van der Waals surface area contributed by atoms with Crippen molar-refractivity contribution in [2.24, 2.45) is 0 Å². The van der Waals surface area contributed by atoms with E-state index in [2.05, 4.69) is 34.3 Å². The van der Waals surface area contributed by atoms with Crippen LogP contribution in [0.3, 0.4) is 0 Å². The molecule has 0 spiro atoms. The molecular formula is C13H15N3. The van der Waals surface area contributed by atoms with E-state index in [1.807, 2.05) is 31.6 Å². The number of nitrogens with one attached hydrogen (secondary N) is 1. The largest absolute Gasteiger partial charge is 0.308 e. The smallest absolute Gasteiger partial charge is 0.0766 e. The Kier molecular flexibility index (Phi) is 3.27. The highest BCUT2D eigenvalue weighted by molar-refractivity contribution is 5.30. The molecule has 0 radical (unpaired) electrons. The molecule has 2 aromatic heterocycles. The topological polar surface area (TPSA) is 37.8 Å². The third kappa shape index (κ3) is 2.09. The van der Waals surface area contributed by atoms with Crippen LogP contribution < -0.4 is 5.32 Å². The SMILES string of the molecule is CNC(c1cccnc1)c1ncccc1C. The maximum absolute atomic E-state index is 4.44. The van der Waals surface area contributed by atoms with Crippen LogP contribution in [0.1, 0.15) is 22.9 Å². The van der Waals surface area contributed by atoms with Crippen LogP contribution in [0.25, 0.3) is 0 Å². The van der Waals surface area contributed by atoms with E-state index in [9.17, 15) is 0 Å². The van der Waals surface area contributed by atoms with E-state index < -0.39 is 0 Å². The fourth-order valence-electron chi connectivity index (χ4n) is 1.81. The molecule has 16 heavy (non-hydrogen) atoms. The molecule has 0 saturated carbocycles. The fraction of sp³-hybridized carbons (Fsp3) is 0.231. The number of aryl methyl sites for hydroxylation is 1. The van der Waals surface area contributed by atoms with Crippen LogP contribution >= 0.6 is 0 Å². The fourth-order valence-corrected chi connectivity index (χ4v) is 1.81. The van der Waals surface area contributed by atoms with Gasteiger partial charge >= 0.3 is 0 Å². The summed E-state index contributed by atoms with van der Waals surface area (Å²) in [6.45, 7) is 2.07. The first-order valence-corrected chi connectivity index (χ1v) is 5.31. The summed E-state index contributed by atoms with van der Waals surface area (Å²) in [4.78, 5) is 8.58. The zero-order valence-electron chi connectivity index (χ0n) is 9.51. The summed E-state index contributed by atoms with van der Waals surface area (Å²) in [6, 6.07) is 8.13. The summed E-state index contributed by atoms with van der Waals surface area (Å²) in [5.74, 6) is 0. The lowest BCUT2D eigenvalue weighted by molar-refractivity contribution is 0.663. The van der Waals surface area contributed by atoms with Crippen molar-refractivity contribution in [3.63, 3.8) is 0 Å². The molecule has 1 unspecified atom stereocenters. The summed E-state index contributed by atoms with van der Waals surface area (Å²) in [7, 11) is 1.94. The van der Waals surface area contributed by atoms with Crippen LogP contribution in [0.4, 0.5) is 0 Å². The Bertz CT molecular complexity index is 454. The third-order valence-electron chi connectivity index (χ3n) is 2.63. The summed E-state index contributed by atoms with van der Waals surface area (Å²) in [6.07, 6.45) is 5.47. The lowest BCUT2D eigenvalue weighted by Crippen LogP contribution is -2.20. The van der Waals surface area contributed by atoms with Gasteiger partial charge in [0.05, 0.1) is 11.7 Å². The van der Waals surface area contributed by atoms with E-state index in [0.717, 1.165) is 11.3 Å². The summed E-state index contributed by atoms with van der Waals surface area (Å²) >= 11 is 0. The first-order chi connectivity index (χ1) is 7.83. The van der Waals surface area contributed by atoms with Crippen LogP contribution in [0, 0.1) is 6.92 Å². The summed E-state index contributed by atoms with van der Waals surface area (Å²) < 4.78 is 0. The summed E-state index contributed by atoms with van der Waals surface area (Å²) in [5, 5.41) is 3.27. The molecule has 1 N–H and O–H groups in total. The number of hydrogen-bond acceptors (Lipinski definition) is 3. The van der Waals surface area contributed by atoms with Crippen molar-refractivity contribution in [2.45, 2.75) is 13.0 Å². The van der Waals surface area contributed by atoms with Gasteiger partial charge in [0.15, 0.2) is 0 Å². The van der Waals surface area contributed by atoms with Gasteiger partial charge in [-0.1, -0.05) is 12.1 Å². The van der Waals surface area contributed by atoms with Gasteiger partial charge in [0, 0.05) is 18.6 Å². The number of rotatable bonds is 3. The van der Waals surface area contributed by atoms with E-state index in [1.54, 1.807) is 6.20 Å². The molecule has 82 valence electrons. The quantitative estimate of drug-likeness (QED) is 0.848. The van der Waals surface area contributed by atoms with Crippen LogP contribution in [0.15, 0.2) is 42.9 Å². The summed E-state index contributed by atoms with van der Waals surface area (Å²) in [5.41, 5.74) is 3.37. The van der Waals surface area contributed by atoms with Gasteiger partial charge in [-0.15, -0.1) is 0 Å². The predicted octanol–water partition coefficient (Wildman–Crippen LogP) is 2.09. The van der Waals surface area contributed by atoms with E-state index in [4.69, 9.17) is 0 Å². The Hall–Kier alpha value is -1.74. The molecule has 2 rings (SSSR count). The highest BCUT2D eigenvalue weighted by Gasteiger charge is 2.14. The number of pyridine rings is 2. The zero-order chi connectivity index (χ0) is 11.4. The maximum atomic E-state index is 4.44. The lowest BCUT2D eigenvalue weighted by atomic mass is 10.0. The Morgan fingerprint density at radius 3 is 2.62 bits per heavy atom. The van der Waals surface area contributed by atoms with Gasteiger partial charge in [-0.05, 0) is 37.2 Å². The third-order valence-corrected chi connectivity index (χ3v) is 2.63. The zero-order valence-corrected chi connectivity index (χ0v) is 9.51. The minimum Gasteiger partial charge on any atom is -0.308 e. The molecule has 2 heterocycles. The molecule has 0 aliphatic heterocycles. The minimum atomic E-state index is 0.106. The highest BCUT2D eigenvalue weighted by Crippen LogP contribution is 2.21. The molecule has 0 amide bonds. The maximum Gasteiger partial charge on any atom is 0.0766 e. The van der Waals surface area contributed by atoms with Crippen molar-refractivity contribution in [1.82, 2.24) is 15.3 Å². The Morgan fingerprint density at radius 2 is 2.00 bits per heavy atom. The highest BCUT2D eigenvalue weighted by atomic mass is 14.9. The van der Waals surface area contributed by atoms with Crippen LogP contribution in [0.2, 0.25) is 0 Å². The second kappa shape index (κ2) is 4.86. The van der Waals surface area contributed by atoms with Crippen LogP contribution in [-0.2, 0) is 0 Å². The molecule has 1 atom stereocenters. The number of hydrogen-bond donors (Lipinski definition) is 1. The van der Waals surface area contributed by atoms with Gasteiger partial charge < -0.3 is 5.32 Å². The van der Waals surface area contributed by atoms with Crippen molar-refractivity contribution in [2.75, 3.05) is 7.05 Å². The molecule has 3 nitrogen and oxygen atoms in total. The number of aromatic nitrogens is 2. The van der Waals surface area contributed by atoms with E-state index in [1.165, 1.54) is 5.56 Å².